The van der Waals surface area contributed by atoms with Crippen molar-refractivity contribution in [2.45, 2.75) is 18.2 Å². The first-order chi connectivity index (χ1) is 13.4. The predicted molar refractivity (Wildman–Crippen MR) is 118 cm³/mol. The van der Waals surface area contributed by atoms with Crippen LogP contribution in [0.2, 0.25) is 0 Å². The molecule has 0 atom stereocenters. The first-order valence-electron chi connectivity index (χ1n) is 9.20. The van der Waals surface area contributed by atoms with Crippen LogP contribution in [0.25, 0.3) is 0 Å². The van der Waals surface area contributed by atoms with Crippen molar-refractivity contribution in [2.75, 3.05) is 31.0 Å². The molecule has 2 aromatic rings. The average Bonchev–Trinajstić information content (AvgIpc) is 2.73. The molecule has 0 aliphatic carbocycles. The van der Waals surface area contributed by atoms with Crippen LogP contribution in [0, 0.1) is 6.92 Å². The fraction of sp³-hybridized carbons (Fsp3) is 0.286. The Bertz CT molecular complexity index is 988. The van der Waals surface area contributed by atoms with Crippen molar-refractivity contribution in [2.24, 2.45) is 0 Å². The van der Waals surface area contributed by atoms with Crippen molar-refractivity contribution in [3.05, 3.63) is 71.3 Å². The van der Waals surface area contributed by atoms with E-state index in [0.717, 1.165) is 25.1 Å². The summed E-state index contributed by atoms with van der Waals surface area (Å²) in [6.07, 6.45) is 2.97. The third-order valence-corrected chi connectivity index (χ3v) is 6.57. The first kappa shape index (κ1) is 22.9. The lowest BCUT2D eigenvalue weighted by Gasteiger charge is -2.20. The third kappa shape index (κ3) is 5.59. The minimum Gasteiger partial charge on any atom is -0.348 e. The molecule has 156 valence electrons. The van der Waals surface area contributed by atoms with Gasteiger partial charge in [0.2, 0.25) is 0 Å². The standard InChI is InChI=1S/C21H25N3O3S.ClH/c1-16-6-8-19(9-7-16)24(2)28(26,27)20-5-3-4-18(14-20)21(25)23-15-17-10-12-22-13-11-17;/h3-10,14,22H,11-13,15H2,1-2H3,(H,23,25);1H. The Labute approximate surface area is 178 Å². The maximum Gasteiger partial charge on any atom is 0.264 e. The van der Waals surface area contributed by atoms with Gasteiger partial charge < -0.3 is 10.6 Å². The molecule has 1 amide bonds. The largest absolute Gasteiger partial charge is 0.348 e. The fourth-order valence-electron chi connectivity index (χ4n) is 2.98. The van der Waals surface area contributed by atoms with Crippen LogP contribution in [-0.2, 0) is 10.0 Å². The Morgan fingerprint density at radius 2 is 1.90 bits per heavy atom. The predicted octanol–water partition coefficient (Wildman–Crippen LogP) is 2.89. The smallest absolute Gasteiger partial charge is 0.264 e. The van der Waals surface area contributed by atoms with Crippen molar-refractivity contribution >= 4 is 34.0 Å². The molecule has 1 aliphatic heterocycles. The number of carbonyl (C=O) groups excluding carboxylic acids is 1. The van der Waals surface area contributed by atoms with Crippen molar-refractivity contribution in [3.8, 4) is 0 Å². The molecule has 2 N–H and O–H groups in total. The molecule has 0 bridgehead atoms. The van der Waals surface area contributed by atoms with E-state index in [9.17, 15) is 13.2 Å². The molecule has 1 aliphatic rings. The Morgan fingerprint density at radius 1 is 1.17 bits per heavy atom. The molecule has 0 radical (unpaired) electrons. The fourth-order valence-corrected chi connectivity index (χ4v) is 4.22. The van der Waals surface area contributed by atoms with Crippen molar-refractivity contribution in [1.29, 1.82) is 0 Å². The van der Waals surface area contributed by atoms with E-state index in [2.05, 4.69) is 16.7 Å². The maximum atomic E-state index is 13.0. The summed E-state index contributed by atoms with van der Waals surface area (Å²) < 4.78 is 27.2. The Balaban J connectivity index is 0.00000300. The quantitative estimate of drug-likeness (QED) is 0.684. The highest BCUT2D eigenvalue weighted by molar-refractivity contribution is 7.92. The summed E-state index contributed by atoms with van der Waals surface area (Å²) in [5, 5.41) is 6.10. The number of anilines is 1. The van der Waals surface area contributed by atoms with Gasteiger partial charge in [0, 0.05) is 25.7 Å². The Hall–Kier alpha value is -2.35. The summed E-state index contributed by atoms with van der Waals surface area (Å²) in [7, 11) is -2.25. The number of hydrogen-bond acceptors (Lipinski definition) is 4. The number of sulfonamides is 1. The lowest BCUT2D eigenvalue weighted by atomic mass is 10.1. The van der Waals surface area contributed by atoms with Gasteiger partial charge in [0.25, 0.3) is 15.9 Å². The molecule has 6 nitrogen and oxygen atoms in total. The van der Waals surface area contributed by atoms with Gasteiger partial charge in [0.15, 0.2) is 0 Å². The topological polar surface area (TPSA) is 78.5 Å². The number of nitrogens with one attached hydrogen (secondary N) is 2. The molecule has 1 heterocycles. The van der Waals surface area contributed by atoms with Crippen LogP contribution in [0.4, 0.5) is 5.69 Å². The van der Waals surface area contributed by atoms with Gasteiger partial charge in [-0.05, 0) is 50.2 Å². The zero-order chi connectivity index (χ0) is 20.1. The van der Waals surface area contributed by atoms with Crippen LogP contribution in [0.3, 0.4) is 0 Å². The van der Waals surface area contributed by atoms with Gasteiger partial charge in [0.05, 0.1) is 10.6 Å². The van der Waals surface area contributed by atoms with Crippen molar-refractivity contribution in [3.63, 3.8) is 0 Å². The molecule has 0 unspecified atom stereocenters. The minimum atomic E-state index is -3.76. The summed E-state index contributed by atoms with van der Waals surface area (Å²) >= 11 is 0. The number of hydrogen-bond donors (Lipinski definition) is 2. The second kappa shape index (κ2) is 9.91. The van der Waals surface area contributed by atoms with E-state index < -0.39 is 10.0 Å². The van der Waals surface area contributed by atoms with Gasteiger partial charge in [-0.25, -0.2) is 8.42 Å². The van der Waals surface area contributed by atoms with Crippen LogP contribution in [0.1, 0.15) is 22.3 Å². The molecule has 0 spiro atoms. The van der Waals surface area contributed by atoms with E-state index in [1.807, 2.05) is 19.1 Å². The second-order valence-electron chi connectivity index (χ2n) is 6.84. The second-order valence-corrected chi connectivity index (χ2v) is 8.80. The highest BCUT2D eigenvalue weighted by Gasteiger charge is 2.22. The number of amides is 1. The molecule has 0 saturated heterocycles. The summed E-state index contributed by atoms with van der Waals surface area (Å²) in [4.78, 5) is 12.6. The zero-order valence-electron chi connectivity index (χ0n) is 16.5. The van der Waals surface area contributed by atoms with E-state index in [-0.39, 0.29) is 23.2 Å². The van der Waals surface area contributed by atoms with E-state index in [0.29, 0.717) is 17.8 Å². The number of rotatable bonds is 6. The lowest BCUT2D eigenvalue weighted by Crippen LogP contribution is -2.30. The Morgan fingerprint density at radius 3 is 2.55 bits per heavy atom. The van der Waals surface area contributed by atoms with Gasteiger partial charge >= 0.3 is 0 Å². The molecule has 2 aromatic carbocycles. The minimum absolute atomic E-state index is 0. The summed E-state index contributed by atoms with van der Waals surface area (Å²) in [6, 6.07) is 13.4. The van der Waals surface area contributed by atoms with E-state index in [4.69, 9.17) is 0 Å². The van der Waals surface area contributed by atoms with E-state index >= 15 is 0 Å². The van der Waals surface area contributed by atoms with Crippen LogP contribution in [0.5, 0.6) is 0 Å². The van der Waals surface area contributed by atoms with Crippen LogP contribution in [-0.4, -0.2) is 41.0 Å². The van der Waals surface area contributed by atoms with Crippen LogP contribution >= 0.6 is 12.4 Å². The van der Waals surface area contributed by atoms with Crippen LogP contribution < -0.4 is 14.9 Å². The maximum absolute atomic E-state index is 13.0. The average molecular weight is 436 g/mol. The molecular weight excluding hydrogens is 410 g/mol. The summed E-state index contributed by atoms with van der Waals surface area (Å²) in [5.74, 6) is -0.283. The van der Waals surface area contributed by atoms with Crippen molar-refractivity contribution in [1.82, 2.24) is 10.6 Å². The summed E-state index contributed by atoms with van der Waals surface area (Å²) in [5.41, 5.74) is 3.12. The lowest BCUT2D eigenvalue weighted by molar-refractivity contribution is 0.0956. The zero-order valence-corrected chi connectivity index (χ0v) is 18.1. The van der Waals surface area contributed by atoms with E-state index in [1.54, 1.807) is 24.3 Å². The molecule has 0 aromatic heterocycles. The highest BCUT2D eigenvalue weighted by Crippen LogP contribution is 2.23. The number of benzene rings is 2. The van der Waals surface area contributed by atoms with Gasteiger partial charge in [-0.3, -0.25) is 9.10 Å². The molecular formula is C21H26ClN3O3S. The normalized spacial score (nSPS) is 13.8. The summed E-state index contributed by atoms with van der Waals surface area (Å²) in [6.45, 7) is 4.13. The molecule has 3 rings (SSSR count). The SMILES string of the molecule is Cc1ccc(N(C)S(=O)(=O)c2cccc(C(=O)NCC3=CCNCC3)c2)cc1.Cl. The van der Waals surface area contributed by atoms with E-state index in [1.165, 1.54) is 29.1 Å². The van der Waals surface area contributed by atoms with Crippen LogP contribution in [0.15, 0.2) is 65.1 Å². The molecule has 0 saturated carbocycles. The number of carbonyl (C=O) groups is 1. The highest BCUT2D eigenvalue weighted by atomic mass is 35.5. The van der Waals surface area contributed by atoms with Crippen molar-refractivity contribution < 1.29 is 13.2 Å². The first-order valence-corrected chi connectivity index (χ1v) is 10.6. The monoisotopic (exact) mass is 435 g/mol. The van der Waals surface area contributed by atoms with Gasteiger partial charge in [-0.1, -0.05) is 35.4 Å². The van der Waals surface area contributed by atoms with Gasteiger partial charge in [-0.15, -0.1) is 12.4 Å². The number of halogens is 1. The van der Waals surface area contributed by atoms with Gasteiger partial charge in [0.1, 0.15) is 0 Å². The van der Waals surface area contributed by atoms with Gasteiger partial charge in [-0.2, -0.15) is 0 Å². The molecule has 8 heteroatoms. The Kier molecular flexibility index (Phi) is 7.84. The third-order valence-electron chi connectivity index (χ3n) is 4.79. The molecule has 29 heavy (non-hydrogen) atoms. The number of aryl methyl sites for hydroxylation is 1. The number of nitrogens with zero attached hydrogens (tertiary/aromatic N) is 1. The molecule has 0 fully saturated rings.